The number of rotatable bonds is 5. The van der Waals surface area contributed by atoms with Crippen molar-refractivity contribution in [2.45, 2.75) is 12.5 Å². The van der Waals surface area contributed by atoms with Gasteiger partial charge in [-0.05, 0) is 42.4 Å². The number of pyridine rings is 1. The van der Waals surface area contributed by atoms with Crippen LogP contribution in [0, 0.1) is 17.8 Å². The second-order valence-electron chi connectivity index (χ2n) is 7.57. The van der Waals surface area contributed by atoms with Gasteiger partial charge in [-0.25, -0.2) is 4.79 Å². The Morgan fingerprint density at radius 1 is 1.42 bits per heavy atom. The van der Waals surface area contributed by atoms with E-state index in [2.05, 4.69) is 10.3 Å². The van der Waals surface area contributed by atoms with Crippen molar-refractivity contribution in [3.8, 4) is 0 Å². The van der Waals surface area contributed by atoms with Crippen LogP contribution >= 0.6 is 0 Å². The lowest BCUT2D eigenvalue weighted by atomic mass is 10.1. The Kier molecular flexibility index (Phi) is 4.40. The van der Waals surface area contributed by atoms with Gasteiger partial charge < -0.3 is 19.7 Å². The maximum Gasteiger partial charge on any atom is 0.410 e. The molecule has 1 aliphatic carbocycles. The van der Waals surface area contributed by atoms with Gasteiger partial charge in [-0.15, -0.1) is 0 Å². The first kappa shape index (κ1) is 17.0. The summed E-state index contributed by atoms with van der Waals surface area (Å²) in [4.78, 5) is 29.9. The Labute approximate surface area is 152 Å². The van der Waals surface area contributed by atoms with Crippen molar-refractivity contribution < 1.29 is 19.1 Å². The zero-order chi connectivity index (χ0) is 18.1. The highest BCUT2D eigenvalue weighted by Crippen LogP contribution is 2.51. The van der Waals surface area contributed by atoms with Gasteiger partial charge >= 0.3 is 6.09 Å². The Bertz CT molecular complexity index is 705. The highest BCUT2D eigenvalue weighted by molar-refractivity contribution is 5.91. The van der Waals surface area contributed by atoms with Gasteiger partial charge in [0.2, 0.25) is 5.91 Å². The van der Waals surface area contributed by atoms with Gasteiger partial charge in [0.15, 0.2) is 5.60 Å². The molecule has 2 aliphatic heterocycles. The summed E-state index contributed by atoms with van der Waals surface area (Å²) in [6.45, 7) is 4.92. The van der Waals surface area contributed by atoms with Crippen LogP contribution in [0.5, 0.6) is 0 Å². The molecule has 2 amide bonds. The summed E-state index contributed by atoms with van der Waals surface area (Å²) in [7, 11) is 0. The van der Waals surface area contributed by atoms with Gasteiger partial charge in [-0.1, -0.05) is 6.07 Å². The van der Waals surface area contributed by atoms with E-state index in [-0.39, 0.29) is 12.0 Å². The molecule has 3 fully saturated rings. The van der Waals surface area contributed by atoms with Gasteiger partial charge in [0, 0.05) is 38.1 Å². The summed E-state index contributed by atoms with van der Waals surface area (Å²) in [5.41, 5.74) is 0.434. The maximum absolute atomic E-state index is 12.2. The molecule has 1 unspecified atom stereocenters. The number of aromatic nitrogens is 1. The monoisotopic (exact) mass is 357 g/mol. The van der Waals surface area contributed by atoms with E-state index in [1.807, 2.05) is 19.1 Å². The minimum atomic E-state index is -0.460. The van der Waals surface area contributed by atoms with Crippen LogP contribution in [-0.4, -0.2) is 60.3 Å². The van der Waals surface area contributed by atoms with Crippen LogP contribution in [0.4, 0.5) is 4.79 Å². The third-order valence-electron chi connectivity index (χ3n) is 5.40. The molecule has 1 saturated carbocycles. The lowest BCUT2D eigenvalue weighted by Gasteiger charge is -2.38. The number of piperidine rings is 1. The van der Waals surface area contributed by atoms with Crippen molar-refractivity contribution >= 4 is 18.1 Å². The van der Waals surface area contributed by atoms with E-state index in [0.29, 0.717) is 50.6 Å². The molecule has 1 aromatic heterocycles. The second kappa shape index (κ2) is 6.72. The predicted molar refractivity (Wildman–Crippen MR) is 94.0 cm³/mol. The minimum absolute atomic E-state index is 0.104. The number of carbonyl (C=O) groups excluding carboxylic acids is 2. The molecule has 0 radical (unpaired) electrons. The fourth-order valence-electron chi connectivity index (χ4n) is 3.75. The largest absolute Gasteiger partial charge is 0.438 e. The summed E-state index contributed by atoms with van der Waals surface area (Å²) < 4.78 is 10.6. The average molecular weight is 357 g/mol. The molecule has 3 aliphatic rings. The highest BCUT2D eigenvalue weighted by atomic mass is 16.6. The molecule has 2 saturated heterocycles. The van der Waals surface area contributed by atoms with Crippen LogP contribution in [0.2, 0.25) is 0 Å². The van der Waals surface area contributed by atoms with Gasteiger partial charge in [-0.2, -0.15) is 0 Å². The summed E-state index contributed by atoms with van der Waals surface area (Å²) in [5, 5.41) is 2.95. The van der Waals surface area contributed by atoms with Gasteiger partial charge in [0.1, 0.15) is 0 Å². The van der Waals surface area contributed by atoms with E-state index in [0.717, 1.165) is 5.56 Å². The number of nitrogens with one attached hydrogen (secondary N) is 1. The van der Waals surface area contributed by atoms with E-state index in [4.69, 9.17) is 9.47 Å². The number of carbonyl (C=O) groups is 2. The summed E-state index contributed by atoms with van der Waals surface area (Å²) in [6.07, 6.45) is 6.44. The van der Waals surface area contributed by atoms with Gasteiger partial charge in [0.25, 0.3) is 0 Å². The maximum atomic E-state index is 12.2. The molecule has 7 nitrogen and oxygen atoms in total. The summed E-state index contributed by atoms with van der Waals surface area (Å²) >= 11 is 0. The number of fused-ring (bicyclic) bond motifs is 1. The van der Waals surface area contributed by atoms with E-state index < -0.39 is 5.60 Å². The molecule has 26 heavy (non-hydrogen) atoms. The molecule has 1 aromatic rings. The first-order valence-electron chi connectivity index (χ1n) is 8.96. The lowest BCUT2D eigenvalue weighted by Crippen LogP contribution is -2.52. The zero-order valence-corrected chi connectivity index (χ0v) is 14.8. The fourth-order valence-corrected chi connectivity index (χ4v) is 3.75. The van der Waals surface area contributed by atoms with Crippen molar-refractivity contribution in [2.75, 3.05) is 32.8 Å². The van der Waals surface area contributed by atoms with Crippen LogP contribution in [0.25, 0.3) is 6.08 Å². The molecular weight excluding hydrogens is 334 g/mol. The molecule has 3 heterocycles. The highest BCUT2D eigenvalue weighted by Gasteiger charge is 2.57. The van der Waals surface area contributed by atoms with E-state index in [1.54, 1.807) is 23.4 Å². The molecule has 0 aromatic carbocycles. The van der Waals surface area contributed by atoms with Crippen molar-refractivity contribution in [1.82, 2.24) is 15.2 Å². The second-order valence-corrected chi connectivity index (χ2v) is 7.57. The normalized spacial score (nSPS) is 28.3. The Morgan fingerprint density at radius 3 is 2.81 bits per heavy atom. The van der Waals surface area contributed by atoms with Gasteiger partial charge in [0.05, 0.1) is 13.2 Å². The summed E-state index contributed by atoms with van der Waals surface area (Å²) in [6, 6.07) is 3.73. The molecule has 3 atom stereocenters. The van der Waals surface area contributed by atoms with E-state index >= 15 is 0 Å². The first-order valence-corrected chi connectivity index (χ1v) is 8.96. The Morgan fingerprint density at radius 2 is 2.19 bits per heavy atom. The van der Waals surface area contributed by atoms with Crippen LogP contribution in [0.1, 0.15) is 12.5 Å². The first-order chi connectivity index (χ1) is 12.5. The lowest BCUT2D eigenvalue weighted by molar-refractivity contribution is -0.171. The van der Waals surface area contributed by atoms with Crippen LogP contribution in [0.15, 0.2) is 30.6 Å². The van der Waals surface area contributed by atoms with Crippen molar-refractivity contribution in [3.63, 3.8) is 0 Å². The van der Waals surface area contributed by atoms with Crippen molar-refractivity contribution in [2.24, 2.45) is 17.8 Å². The van der Waals surface area contributed by atoms with Crippen molar-refractivity contribution in [3.05, 3.63) is 36.2 Å². The van der Waals surface area contributed by atoms with Crippen LogP contribution in [-0.2, 0) is 14.3 Å². The van der Waals surface area contributed by atoms with E-state index in [9.17, 15) is 9.59 Å². The SMILES string of the molecule is CC1(OC(=O)N2C[C@@H]3C(CNC(=O)/C=C/c4cccnc4)[C@@H]3C2)COC1. The molecular formula is C19H23N3O4. The van der Waals surface area contributed by atoms with Crippen LogP contribution < -0.4 is 5.32 Å². The van der Waals surface area contributed by atoms with Crippen molar-refractivity contribution in [1.29, 1.82) is 0 Å². The zero-order valence-electron chi connectivity index (χ0n) is 14.8. The topological polar surface area (TPSA) is 80.8 Å². The minimum Gasteiger partial charge on any atom is -0.438 e. The molecule has 0 bridgehead atoms. The quantitative estimate of drug-likeness (QED) is 0.804. The number of likely N-dealkylation sites (tertiary alicyclic amines) is 1. The number of nitrogens with zero attached hydrogens (tertiary/aromatic N) is 2. The smallest absolute Gasteiger partial charge is 0.410 e. The summed E-state index contributed by atoms with van der Waals surface area (Å²) in [5.74, 6) is 1.29. The number of hydrogen-bond donors (Lipinski definition) is 1. The predicted octanol–water partition coefficient (Wildman–Crippen LogP) is 1.31. The third-order valence-corrected chi connectivity index (χ3v) is 5.40. The number of hydrogen-bond acceptors (Lipinski definition) is 5. The molecule has 4 rings (SSSR count). The van der Waals surface area contributed by atoms with Crippen LogP contribution in [0.3, 0.4) is 0 Å². The van der Waals surface area contributed by atoms with Gasteiger partial charge in [-0.3, -0.25) is 9.78 Å². The average Bonchev–Trinajstić information content (AvgIpc) is 3.06. The number of amides is 2. The third kappa shape index (κ3) is 3.58. The number of ether oxygens (including phenoxy) is 2. The standard InChI is InChI=1S/C19H23N3O4/c1-19(11-25-12-19)26-18(24)22-9-15-14(16(15)10-22)8-21-17(23)5-4-13-3-2-6-20-7-13/h2-7,14-16H,8-12H2,1H3,(H,21,23)/b5-4+/t14?,15-,16+. The molecule has 0 spiro atoms. The Balaban J connectivity index is 1.17. The molecule has 7 heteroatoms. The molecule has 1 N–H and O–H groups in total. The molecule has 138 valence electrons. The van der Waals surface area contributed by atoms with E-state index in [1.165, 1.54) is 6.08 Å². The Hall–Kier alpha value is -2.41. The fraction of sp³-hybridized carbons (Fsp3) is 0.526.